The average Bonchev–Trinajstić information content (AvgIpc) is 2.24. The Kier molecular flexibility index (Phi) is 7.22. The third kappa shape index (κ3) is 6.68. The van der Waals surface area contributed by atoms with E-state index >= 15 is 0 Å². The lowest BCUT2D eigenvalue weighted by Gasteiger charge is -2.38. The van der Waals surface area contributed by atoms with Crippen molar-refractivity contribution in [2.24, 2.45) is 0 Å². The summed E-state index contributed by atoms with van der Waals surface area (Å²) in [7, 11) is -1.98. The van der Waals surface area contributed by atoms with Gasteiger partial charge in [-0.25, -0.2) is 0 Å². The highest BCUT2D eigenvalue weighted by molar-refractivity contribution is 6.74. The molecule has 110 valence electrons. The van der Waals surface area contributed by atoms with Crippen molar-refractivity contribution in [1.82, 2.24) is 0 Å². The van der Waals surface area contributed by atoms with E-state index in [1.165, 1.54) is 6.08 Å². The van der Waals surface area contributed by atoms with Gasteiger partial charge in [0.2, 0.25) is 0 Å². The van der Waals surface area contributed by atoms with Crippen LogP contribution in [-0.4, -0.2) is 33.3 Å². The van der Waals surface area contributed by atoms with Gasteiger partial charge in [-0.3, -0.25) is 9.59 Å². The van der Waals surface area contributed by atoms with Crippen LogP contribution in [0.15, 0.2) is 12.2 Å². The molecular weight excluding hydrogens is 260 g/mol. The molecule has 0 aliphatic rings. The molecule has 0 bridgehead atoms. The van der Waals surface area contributed by atoms with Crippen molar-refractivity contribution in [2.45, 2.75) is 58.4 Å². The molecule has 1 atom stereocenters. The van der Waals surface area contributed by atoms with E-state index < -0.39 is 14.4 Å². The molecule has 19 heavy (non-hydrogen) atoms. The van der Waals surface area contributed by atoms with Crippen molar-refractivity contribution in [3.8, 4) is 0 Å². The van der Waals surface area contributed by atoms with Crippen LogP contribution in [0.25, 0.3) is 0 Å². The van der Waals surface area contributed by atoms with Gasteiger partial charge in [0.25, 0.3) is 0 Å². The van der Waals surface area contributed by atoms with Gasteiger partial charge in [0.1, 0.15) is 6.29 Å². The summed E-state index contributed by atoms with van der Waals surface area (Å²) in [4.78, 5) is 22.0. The smallest absolute Gasteiger partial charge is 0.308 e. The first kappa shape index (κ1) is 18.1. The lowest BCUT2D eigenvalue weighted by molar-refractivity contribution is -0.144. The fraction of sp³-hybridized carbons (Fsp3) is 0.714. The summed E-state index contributed by atoms with van der Waals surface area (Å²) in [6, 6.07) is 0. The fourth-order valence-corrected chi connectivity index (χ4v) is 2.53. The number of carbonyl (C=O) groups excluding carboxylic acids is 2. The van der Waals surface area contributed by atoms with Crippen molar-refractivity contribution in [3.63, 3.8) is 0 Å². The minimum atomic E-state index is -1.98. The number of rotatable bonds is 7. The maximum absolute atomic E-state index is 11.5. The standard InChI is InChI=1S/C14H26O4Si/c1-7-17-13(16)11-12(9-8-10-15)18-19(5,6)14(2,3)4/h8-10,12H,7,11H2,1-6H3/b9-8+/t12-/m1/s1. The normalized spacial score (nSPS) is 14.4. The Bertz CT molecular complexity index is 329. The molecule has 0 saturated carbocycles. The van der Waals surface area contributed by atoms with Crippen LogP contribution in [0.2, 0.25) is 18.1 Å². The first-order valence-corrected chi connectivity index (χ1v) is 9.50. The highest BCUT2D eigenvalue weighted by Gasteiger charge is 2.39. The van der Waals surface area contributed by atoms with Crippen LogP contribution in [0.5, 0.6) is 0 Å². The predicted octanol–water partition coefficient (Wildman–Crippen LogP) is 3.09. The minimum Gasteiger partial charge on any atom is -0.466 e. The molecule has 0 aromatic rings. The zero-order valence-corrected chi connectivity index (χ0v) is 13.9. The van der Waals surface area contributed by atoms with Crippen molar-refractivity contribution in [3.05, 3.63) is 12.2 Å². The number of ether oxygens (including phenoxy) is 1. The van der Waals surface area contributed by atoms with E-state index in [0.29, 0.717) is 12.9 Å². The molecule has 5 heteroatoms. The summed E-state index contributed by atoms with van der Waals surface area (Å²) in [6.07, 6.45) is 3.43. The SMILES string of the molecule is CCOC(=O)C[C@@H](/C=C/C=O)O[Si](C)(C)C(C)(C)C. The molecule has 0 aliphatic heterocycles. The van der Waals surface area contributed by atoms with Gasteiger partial charge in [-0.2, -0.15) is 0 Å². The number of carbonyl (C=O) groups is 2. The summed E-state index contributed by atoms with van der Waals surface area (Å²) in [5.74, 6) is -0.304. The Morgan fingerprint density at radius 1 is 1.32 bits per heavy atom. The van der Waals surface area contributed by atoms with Gasteiger partial charge in [-0.05, 0) is 31.1 Å². The van der Waals surface area contributed by atoms with Crippen LogP contribution in [0.3, 0.4) is 0 Å². The van der Waals surface area contributed by atoms with Gasteiger partial charge in [-0.1, -0.05) is 26.8 Å². The van der Waals surface area contributed by atoms with Gasteiger partial charge >= 0.3 is 5.97 Å². The molecule has 0 heterocycles. The quantitative estimate of drug-likeness (QED) is 0.312. The molecule has 0 aromatic heterocycles. The Balaban J connectivity index is 4.82. The second-order valence-electron chi connectivity index (χ2n) is 5.95. The largest absolute Gasteiger partial charge is 0.466 e. The van der Waals surface area contributed by atoms with E-state index in [1.807, 2.05) is 0 Å². The Labute approximate surface area is 117 Å². The van der Waals surface area contributed by atoms with E-state index in [9.17, 15) is 9.59 Å². The first-order chi connectivity index (χ1) is 8.64. The second-order valence-corrected chi connectivity index (χ2v) is 10.7. The summed E-state index contributed by atoms with van der Waals surface area (Å²) < 4.78 is 11.0. The average molecular weight is 286 g/mol. The molecule has 0 rings (SSSR count). The van der Waals surface area contributed by atoms with Crippen molar-refractivity contribution < 1.29 is 18.8 Å². The topological polar surface area (TPSA) is 52.6 Å². The second kappa shape index (κ2) is 7.60. The number of esters is 1. The molecule has 0 aromatic carbocycles. The van der Waals surface area contributed by atoms with Gasteiger partial charge in [0.15, 0.2) is 8.32 Å². The van der Waals surface area contributed by atoms with Gasteiger partial charge < -0.3 is 9.16 Å². The van der Waals surface area contributed by atoms with E-state index in [4.69, 9.17) is 9.16 Å². The first-order valence-electron chi connectivity index (χ1n) is 6.59. The molecule has 4 nitrogen and oxygen atoms in total. The fourth-order valence-electron chi connectivity index (χ4n) is 1.26. The van der Waals surface area contributed by atoms with E-state index in [1.54, 1.807) is 13.0 Å². The monoisotopic (exact) mass is 286 g/mol. The third-order valence-corrected chi connectivity index (χ3v) is 7.83. The Morgan fingerprint density at radius 3 is 2.32 bits per heavy atom. The molecular formula is C14H26O4Si. The molecule has 0 fully saturated rings. The third-order valence-electron chi connectivity index (χ3n) is 3.33. The lowest BCUT2D eigenvalue weighted by Crippen LogP contribution is -2.44. The number of hydrogen-bond donors (Lipinski definition) is 0. The van der Waals surface area contributed by atoms with Crippen molar-refractivity contribution >= 4 is 20.6 Å². The van der Waals surface area contributed by atoms with E-state index in [0.717, 1.165) is 0 Å². The zero-order chi connectivity index (χ0) is 15.1. The highest BCUT2D eigenvalue weighted by atomic mass is 28.4. The lowest BCUT2D eigenvalue weighted by atomic mass is 10.2. The molecule has 0 saturated heterocycles. The Morgan fingerprint density at radius 2 is 1.89 bits per heavy atom. The predicted molar refractivity (Wildman–Crippen MR) is 78.5 cm³/mol. The zero-order valence-electron chi connectivity index (χ0n) is 12.9. The van der Waals surface area contributed by atoms with Crippen molar-refractivity contribution in [2.75, 3.05) is 6.61 Å². The number of aldehydes is 1. The van der Waals surface area contributed by atoms with Gasteiger partial charge in [0.05, 0.1) is 19.1 Å². The molecule has 0 N–H and O–H groups in total. The van der Waals surface area contributed by atoms with Crippen LogP contribution in [0, 0.1) is 0 Å². The molecule has 0 unspecified atom stereocenters. The van der Waals surface area contributed by atoms with E-state index in [2.05, 4.69) is 33.9 Å². The summed E-state index contributed by atoms with van der Waals surface area (Å²) in [5.41, 5.74) is 0. The van der Waals surface area contributed by atoms with E-state index in [-0.39, 0.29) is 17.4 Å². The maximum Gasteiger partial charge on any atom is 0.308 e. The van der Waals surface area contributed by atoms with Crippen LogP contribution in [0.4, 0.5) is 0 Å². The summed E-state index contributed by atoms with van der Waals surface area (Å²) in [5, 5.41) is 0.0505. The minimum absolute atomic E-state index is 0.0505. The number of hydrogen-bond acceptors (Lipinski definition) is 4. The van der Waals surface area contributed by atoms with Crippen LogP contribution in [0.1, 0.15) is 34.1 Å². The highest BCUT2D eigenvalue weighted by Crippen LogP contribution is 2.37. The molecule has 0 spiro atoms. The van der Waals surface area contributed by atoms with Gasteiger partial charge in [0, 0.05) is 0 Å². The maximum atomic E-state index is 11.5. The van der Waals surface area contributed by atoms with Crippen LogP contribution >= 0.6 is 0 Å². The molecule has 0 amide bonds. The summed E-state index contributed by atoms with van der Waals surface area (Å²) in [6.45, 7) is 12.7. The number of allylic oxidation sites excluding steroid dienone is 1. The summed E-state index contributed by atoms with van der Waals surface area (Å²) >= 11 is 0. The van der Waals surface area contributed by atoms with Crippen LogP contribution < -0.4 is 0 Å². The molecule has 0 radical (unpaired) electrons. The van der Waals surface area contributed by atoms with Crippen molar-refractivity contribution in [1.29, 1.82) is 0 Å². The molecule has 0 aliphatic carbocycles. The van der Waals surface area contributed by atoms with Crippen LogP contribution in [-0.2, 0) is 18.8 Å². The van der Waals surface area contributed by atoms with Gasteiger partial charge in [-0.15, -0.1) is 0 Å². The Hall–Kier alpha value is -0.943.